The number of nitrogens with zero attached hydrogens (tertiary/aromatic N) is 2. The summed E-state index contributed by atoms with van der Waals surface area (Å²) in [7, 11) is 0. The second kappa shape index (κ2) is 5.32. The molecule has 2 rings (SSSR count). The first-order valence-corrected chi connectivity index (χ1v) is 5.29. The highest BCUT2D eigenvalue weighted by atomic mass is 16.3. The fourth-order valence-electron chi connectivity index (χ4n) is 1.48. The van der Waals surface area contributed by atoms with Gasteiger partial charge in [0.2, 0.25) is 0 Å². The van der Waals surface area contributed by atoms with Gasteiger partial charge in [-0.2, -0.15) is 5.10 Å². The van der Waals surface area contributed by atoms with Crippen molar-refractivity contribution in [1.29, 1.82) is 0 Å². The molecule has 0 amide bonds. The Kier molecular flexibility index (Phi) is 3.56. The Labute approximate surface area is 94.5 Å². The Bertz CT molecular complexity index is 425. The number of aromatic nitrogens is 2. The van der Waals surface area contributed by atoms with Gasteiger partial charge in [-0.1, -0.05) is 30.3 Å². The Hall–Kier alpha value is -1.81. The average molecular weight is 217 g/mol. The van der Waals surface area contributed by atoms with Gasteiger partial charge in [-0.3, -0.25) is 4.68 Å². The molecule has 0 aliphatic carbocycles. The fourth-order valence-corrected chi connectivity index (χ4v) is 1.48. The zero-order valence-corrected chi connectivity index (χ0v) is 9.00. The lowest BCUT2D eigenvalue weighted by Gasteiger charge is -2.02. The molecule has 1 aromatic carbocycles. The van der Waals surface area contributed by atoms with Crippen molar-refractivity contribution in [2.75, 3.05) is 11.9 Å². The summed E-state index contributed by atoms with van der Waals surface area (Å²) in [6, 6.07) is 10.2. The van der Waals surface area contributed by atoms with Crippen LogP contribution in [0, 0.1) is 0 Å². The summed E-state index contributed by atoms with van der Waals surface area (Å²) in [4.78, 5) is 0. The minimum Gasteiger partial charge on any atom is -0.394 e. The zero-order valence-electron chi connectivity index (χ0n) is 9.00. The summed E-state index contributed by atoms with van der Waals surface area (Å²) in [5.74, 6) is 0. The van der Waals surface area contributed by atoms with Gasteiger partial charge in [-0.15, -0.1) is 0 Å². The molecule has 0 aliphatic rings. The van der Waals surface area contributed by atoms with Gasteiger partial charge in [0.25, 0.3) is 0 Å². The summed E-state index contributed by atoms with van der Waals surface area (Å²) in [5, 5.41) is 16.1. The van der Waals surface area contributed by atoms with E-state index in [1.807, 2.05) is 24.4 Å². The zero-order chi connectivity index (χ0) is 11.2. The Balaban J connectivity index is 1.89. The lowest BCUT2D eigenvalue weighted by atomic mass is 10.2. The van der Waals surface area contributed by atoms with Crippen LogP contribution in [0.5, 0.6) is 0 Å². The molecule has 16 heavy (non-hydrogen) atoms. The normalized spacial score (nSPS) is 10.3. The maximum absolute atomic E-state index is 8.76. The van der Waals surface area contributed by atoms with Crippen molar-refractivity contribution in [1.82, 2.24) is 9.78 Å². The van der Waals surface area contributed by atoms with Crippen molar-refractivity contribution in [3.05, 3.63) is 48.3 Å². The molecule has 1 heterocycles. The van der Waals surface area contributed by atoms with Gasteiger partial charge < -0.3 is 10.4 Å². The van der Waals surface area contributed by atoms with E-state index < -0.39 is 0 Å². The predicted octanol–water partition coefficient (Wildman–Crippen LogP) is 1.49. The number of anilines is 1. The monoisotopic (exact) mass is 217 g/mol. The molecule has 0 atom stereocenters. The van der Waals surface area contributed by atoms with Gasteiger partial charge in [-0.05, 0) is 5.56 Å². The SMILES string of the molecule is OCCn1cc(NCc2ccccc2)cn1. The van der Waals surface area contributed by atoms with Crippen LogP contribution in [0.4, 0.5) is 5.69 Å². The van der Waals surface area contributed by atoms with Crippen LogP contribution in [0.25, 0.3) is 0 Å². The number of hydrogen-bond acceptors (Lipinski definition) is 3. The van der Waals surface area contributed by atoms with E-state index in [1.54, 1.807) is 10.9 Å². The third-order valence-electron chi connectivity index (χ3n) is 2.30. The molecule has 2 N–H and O–H groups in total. The highest BCUT2D eigenvalue weighted by molar-refractivity contribution is 5.39. The average Bonchev–Trinajstić information content (AvgIpc) is 2.76. The van der Waals surface area contributed by atoms with Crippen molar-refractivity contribution in [2.45, 2.75) is 13.1 Å². The third kappa shape index (κ3) is 2.84. The van der Waals surface area contributed by atoms with Crippen LogP contribution in [0.3, 0.4) is 0 Å². The number of benzene rings is 1. The van der Waals surface area contributed by atoms with Crippen LogP contribution < -0.4 is 5.32 Å². The van der Waals surface area contributed by atoms with Gasteiger partial charge in [0, 0.05) is 12.7 Å². The number of aliphatic hydroxyl groups excluding tert-OH is 1. The molecule has 4 nitrogen and oxygen atoms in total. The van der Waals surface area contributed by atoms with Crippen LogP contribution in [-0.2, 0) is 13.1 Å². The minimum absolute atomic E-state index is 0.111. The standard InChI is InChI=1S/C12H15N3O/c16-7-6-15-10-12(9-14-15)13-8-11-4-2-1-3-5-11/h1-5,9-10,13,16H,6-8H2. The predicted molar refractivity (Wildman–Crippen MR) is 63.1 cm³/mol. The van der Waals surface area contributed by atoms with Crippen LogP contribution in [0.1, 0.15) is 5.56 Å². The third-order valence-corrected chi connectivity index (χ3v) is 2.30. The van der Waals surface area contributed by atoms with Gasteiger partial charge >= 0.3 is 0 Å². The Morgan fingerprint density at radius 2 is 2.06 bits per heavy atom. The highest BCUT2D eigenvalue weighted by Crippen LogP contribution is 2.07. The Morgan fingerprint density at radius 3 is 2.81 bits per heavy atom. The summed E-state index contributed by atoms with van der Waals surface area (Å²) in [6.45, 7) is 1.43. The van der Waals surface area contributed by atoms with E-state index in [9.17, 15) is 0 Å². The van der Waals surface area contributed by atoms with Crippen molar-refractivity contribution >= 4 is 5.69 Å². The van der Waals surface area contributed by atoms with E-state index in [-0.39, 0.29) is 6.61 Å². The lowest BCUT2D eigenvalue weighted by molar-refractivity contribution is 0.269. The van der Waals surface area contributed by atoms with Crippen molar-refractivity contribution < 1.29 is 5.11 Å². The van der Waals surface area contributed by atoms with Crippen molar-refractivity contribution in [3.63, 3.8) is 0 Å². The summed E-state index contributed by atoms with van der Waals surface area (Å²) in [6.07, 6.45) is 3.65. The smallest absolute Gasteiger partial charge is 0.0729 e. The van der Waals surface area contributed by atoms with Crippen LogP contribution >= 0.6 is 0 Å². The lowest BCUT2D eigenvalue weighted by Crippen LogP contribution is -2.02. The summed E-state index contributed by atoms with van der Waals surface area (Å²) >= 11 is 0. The van der Waals surface area contributed by atoms with Gasteiger partial charge in [0.05, 0.1) is 25.0 Å². The first kappa shape index (κ1) is 10.7. The number of rotatable bonds is 5. The van der Waals surface area contributed by atoms with Crippen LogP contribution in [0.15, 0.2) is 42.7 Å². The van der Waals surface area contributed by atoms with Gasteiger partial charge in [-0.25, -0.2) is 0 Å². The van der Waals surface area contributed by atoms with E-state index in [0.29, 0.717) is 6.54 Å². The first-order valence-electron chi connectivity index (χ1n) is 5.29. The molecular weight excluding hydrogens is 202 g/mol. The van der Waals surface area contributed by atoms with Crippen molar-refractivity contribution in [3.8, 4) is 0 Å². The first-order chi connectivity index (χ1) is 7.88. The maximum atomic E-state index is 8.76. The molecule has 0 saturated carbocycles. The second-order valence-corrected chi connectivity index (χ2v) is 3.55. The van der Waals surface area contributed by atoms with Crippen LogP contribution in [-0.4, -0.2) is 21.5 Å². The molecule has 0 spiro atoms. The molecule has 0 fully saturated rings. The van der Waals surface area contributed by atoms with Gasteiger partial charge in [0.1, 0.15) is 0 Å². The van der Waals surface area contributed by atoms with E-state index in [4.69, 9.17) is 5.11 Å². The number of nitrogens with one attached hydrogen (secondary N) is 1. The van der Waals surface area contributed by atoms with E-state index >= 15 is 0 Å². The summed E-state index contributed by atoms with van der Waals surface area (Å²) < 4.78 is 1.72. The van der Waals surface area contributed by atoms with E-state index in [2.05, 4.69) is 22.5 Å². The molecule has 0 saturated heterocycles. The number of aliphatic hydroxyl groups is 1. The summed E-state index contributed by atoms with van der Waals surface area (Å²) in [5.41, 5.74) is 2.20. The maximum Gasteiger partial charge on any atom is 0.0729 e. The largest absolute Gasteiger partial charge is 0.394 e. The quantitative estimate of drug-likeness (QED) is 0.797. The molecular formula is C12H15N3O. The molecule has 84 valence electrons. The fraction of sp³-hybridized carbons (Fsp3) is 0.250. The second-order valence-electron chi connectivity index (χ2n) is 3.55. The number of hydrogen-bond donors (Lipinski definition) is 2. The molecule has 4 heteroatoms. The Morgan fingerprint density at radius 1 is 1.25 bits per heavy atom. The van der Waals surface area contributed by atoms with E-state index in [0.717, 1.165) is 12.2 Å². The van der Waals surface area contributed by atoms with Crippen LogP contribution in [0.2, 0.25) is 0 Å². The molecule has 0 radical (unpaired) electrons. The molecule has 0 aliphatic heterocycles. The van der Waals surface area contributed by atoms with E-state index in [1.165, 1.54) is 5.56 Å². The van der Waals surface area contributed by atoms with Crippen molar-refractivity contribution in [2.24, 2.45) is 0 Å². The minimum atomic E-state index is 0.111. The molecule has 0 unspecified atom stereocenters. The highest BCUT2D eigenvalue weighted by Gasteiger charge is 1.97. The topological polar surface area (TPSA) is 50.1 Å². The van der Waals surface area contributed by atoms with Gasteiger partial charge in [0.15, 0.2) is 0 Å². The molecule has 1 aromatic heterocycles. The molecule has 0 bridgehead atoms. The molecule has 2 aromatic rings.